The van der Waals surface area contributed by atoms with E-state index in [0.29, 0.717) is 17.0 Å². The Morgan fingerprint density at radius 1 is 1.32 bits per heavy atom. The van der Waals surface area contributed by atoms with Gasteiger partial charge in [0.05, 0.1) is 18.4 Å². The molecule has 3 N–H and O–H groups in total. The van der Waals surface area contributed by atoms with Crippen molar-refractivity contribution in [1.82, 2.24) is 15.3 Å². The summed E-state index contributed by atoms with van der Waals surface area (Å²) < 4.78 is 5.19. The quantitative estimate of drug-likeness (QED) is 0.762. The van der Waals surface area contributed by atoms with Crippen LogP contribution in [0.5, 0.6) is 5.75 Å². The molecular formula is C13H20N4O2. The van der Waals surface area contributed by atoms with Crippen LogP contribution in [0.2, 0.25) is 0 Å². The van der Waals surface area contributed by atoms with Gasteiger partial charge in [0.15, 0.2) is 5.75 Å². The Morgan fingerprint density at radius 3 is 2.63 bits per heavy atom. The number of nitrogens with one attached hydrogen (secondary N) is 1. The number of methoxy groups -OCH3 is 1. The van der Waals surface area contributed by atoms with Crippen molar-refractivity contribution in [2.24, 2.45) is 0 Å². The highest BCUT2D eigenvalue weighted by Gasteiger charge is 2.19. The maximum atomic E-state index is 12.2. The van der Waals surface area contributed by atoms with Gasteiger partial charge in [0.1, 0.15) is 0 Å². The molecule has 1 fully saturated rings. The van der Waals surface area contributed by atoms with Crippen molar-refractivity contribution in [3.8, 4) is 5.75 Å². The van der Waals surface area contributed by atoms with E-state index in [1.165, 1.54) is 7.11 Å². The lowest BCUT2D eigenvalue weighted by atomic mass is 10.1. The first-order valence-corrected chi connectivity index (χ1v) is 6.28. The average molecular weight is 264 g/mol. The van der Waals surface area contributed by atoms with Crippen molar-refractivity contribution in [3.05, 3.63) is 23.8 Å². The van der Waals surface area contributed by atoms with E-state index >= 15 is 0 Å². The highest BCUT2D eigenvalue weighted by atomic mass is 16.5. The van der Waals surface area contributed by atoms with Gasteiger partial charge < -0.3 is 15.4 Å². The van der Waals surface area contributed by atoms with Gasteiger partial charge >= 0.3 is 0 Å². The fourth-order valence-electron chi connectivity index (χ4n) is 2.08. The number of hydrazine groups is 1. The number of nitrogens with zero attached hydrogens (tertiary/aromatic N) is 2. The van der Waals surface area contributed by atoms with E-state index in [4.69, 9.17) is 10.5 Å². The highest BCUT2D eigenvalue weighted by molar-refractivity contribution is 5.98. The smallest absolute Gasteiger partial charge is 0.269 e. The first kappa shape index (κ1) is 13.6. The zero-order valence-corrected chi connectivity index (χ0v) is 11.3. The molecule has 0 unspecified atom stereocenters. The van der Waals surface area contributed by atoms with Crippen LogP contribution in [-0.2, 0) is 0 Å². The van der Waals surface area contributed by atoms with Crippen molar-refractivity contribution >= 4 is 11.6 Å². The Hall–Kier alpha value is -1.79. The number of piperazine rings is 1. The van der Waals surface area contributed by atoms with Crippen LogP contribution in [0.25, 0.3) is 0 Å². The van der Waals surface area contributed by atoms with Gasteiger partial charge in [0.25, 0.3) is 5.91 Å². The van der Waals surface area contributed by atoms with Gasteiger partial charge in [-0.1, -0.05) is 6.07 Å². The summed E-state index contributed by atoms with van der Waals surface area (Å²) in [7, 11) is 3.58. The second-order valence-corrected chi connectivity index (χ2v) is 4.66. The molecule has 19 heavy (non-hydrogen) atoms. The zero-order chi connectivity index (χ0) is 13.8. The molecule has 0 aromatic heterocycles. The topological polar surface area (TPSA) is 70.8 Å². The number of ether oxygens (including phenoxy) is 1. The van der Waals surface area contributed by atoms with Gasteiger partial charge in [-0.25, -0.2) is 5.01 Å². The van der Waals surface area contributed by atoms with E-state index in [9.17, 15) is 4.79 Å². The molecule has 1 heterocycles. The van der Waals surface area contributed by atoms with Crippen molar-refractivity contribution in [2.75, 3.05) is 46.1 Å². The summed E-state index contributed by atoms with van der Waals surface area (Å²) in [5.74, 6) is 0.239. The predicted molar refractivity (Wildman–Crippen MR) is 73.9 cm³/mol. The van der Waals surface area contributed by atoms with Crippen LogP contribution in [0.3, 0.4) is 0 Å². The minimum Gasteiger partial charge on any atom is -0.494 e. The number of anilines is 1. The monoisotopic (exact) mass is 264 g/mol. The first-order valence-electron chi connectivity index (χ1n) is 6.28. The maximum absolute atomic E-state index is 12.2. The number of carbonyl (C=O) groups is 1. The first-order chi connectivity index (χ1) is 9.11. The number of hydrogen-bond donors (Lipinski definition) is 2. The van der Waals surface area contributed by atoms with Gasteiger partial charge in [-0.05, 0) is 19.2 Å². The SMILES string of the molecule is COc1c(N)cccc1C(=O)NN1CCN(C)CC1. The van der Waals surface area contributed by atoms with Crippen LogP contribution >= 0.6 is 0 Å². The van der Waals surface area contributed by atoms with Gasteiger partial charge in [-0.3, -0.25) is 10.2 Å². The molecule has 6 nitrogen and oxygen atoms in total. The van der Waals surface area contributed by atoms with Crippen molar-refractivity contribution in [1.29, 1.82) is 0 Å². The Balaban J connectivity index is 2.06. The normalized spacial score (nSPS) is 17.2. The molecular weight excluding hydrogens is 244 g/mol. The number of para-hydroxylation sites is 1. The van der Waals surface area contributed by atoms with E-state index in [1.807, 2.05) is 5.01 Å². The third kappa shape index (κ3) is 3.15. The van der Waals surface area contributed by atoms with Gasteiger partial charge in [-0.2, -0.15) is 0 Å². The Kier molecular flexibility index (Phi) is 4.24. The van der Waals surface area contributed by atoms with Crippen LogP contribution in [0.1, 0.15) is 10.4 Å². The summed E-state index contributed by atoms with van der Waals surface area (Å²) >= 11 is 0. The molecule has 0 radical (unpaired) electrons. The molecule has 1 amide bonds. The fourth-order valence-corrected chi connectivity index (χ4v) is 2.08. The number of rotatable bonds is 3. The summed E-state index contributed by atoms with van der Waals surface area (Å²) in [6.07, 6.45) is 0. The van der Waals surface area contributed by atoms with Gasteiger partial charge in [-0.15, -0.1) is 0 Å². The fraction of sp³-hybridized carbons (Fsp3) is 0.462. The van der Waals surface area contributed by atoms with Crippen molar-refractivity contribution in [3.63, 3.8) is 0 Å². The molecule has 1 saturated heterocycles. The highest BCUT2D eigenvalue weighted by Crippen LogP contribution is 2.25. The third-order valence-electron chi connectivity index (χ3n) is 3.26. The molecule has 6 heteroatoms. The Labute approximate surface area is 113 Å². The second kappa shape index (κ2) is 5.90. The average Bonchev–Trinajstić information content (AvgIpc) is 2.41. The van der Waals surface area contributed by atoms with E-state index in [-0.39, 0.29) is 5.91 Å². The lowest BCUT2D eigenvalue weighted by Gasteiger charge is -2.32. The molecule has 1 aromatic rings. The standard InChI is InChI=1S/C13H20N4O2/c1-16-6-8-17(9-7-16)15-13(18)10-4-3-5-11(14)12(10)19-2/h3-5H,6-9,14H2,1-2H3,(H,15,18). The number of amides is 1. The van der Waals surface area contributed by atoms with E-state index in [0.717, 1.165) is 26.2 Å². The molecule has 1 aromatic carbocycles. The zero-order valence-electron chi connectivity index (χ0n) is 11.3. The minimum atomic E-state index is -0.186. The number of carbonyl (C=O) groups excluding carboxylic acids is 1. The number of nitrogen functional groups attached to an aromatic ring is 1. The summed E-state index contributed by atoms with van der Waals surface area (Å²) in [5.41, 5.74) is 9.61. The molecule has 0 bridgehead atoms. The molecule has 2 rings (SSSR count). The Bertz CT molecular complexity index is 456. The third-order valence-corrected chi connectivity index (χ3v) is 3.26. The molecule has 0 aliphatic carbocycles. The second-order valence-electron chi connectivity index (χ2n) is 4.66. The van der Waals surface area contributed by atoms with E-state index < -0.39 is 0 Å². The van der Waals surface area contributed by atoms with Gasteiger partial charge in [0, 0.05) is 26.2 Å². The molecule has 1 aliphatic rings. The molecule has 0 saturated carbocycles. The number of hydrogen-bond acceptors (Lipinski definition) is 5. The van der Waals surface area contributed by atoms with Crippen LogP contribution in [0.4, 0.5) is 5.69 Å². The molecule has 104 valence electrons. The molecule has 0 spiro atoms. The van der Waals surface area contributed by atoms with Gasteiger partial charge in [0.2, 0.25) is 0 Å². The van der Waals surface area contributed by atoms with Crippen LogP contribution in [-0.4, -0.2) is 56.2 Å². The maximum Gasteiger partial charge on any atom is 0.269 e. The predicted octanol–water partition coefficient (Wildman–Crippen LogP) is 0.170. The number of nitrogens with two attached hydrogens (primary N) is 1. The molecule has 0 atom stereocenters. The summed E-state index contributed by atoms with van der Waals surface area (Å²) in [4.78, 5) is 14.5. The van der Waals surface area contributed by atoms with Crippen LogP contribution in [0, 0.1) is 0 Å². The van der Waals surface area contributed by atoms with E-state index in [2.05, 4.69) is 17.4 Å². The van der Waals surface area contributed by atoms with Crippen LogP contribution in [0.15, 0.2) is 18.2 Å². The molecule has 1 aliphatic heterocycles. The van der Waals surface area contributed by atoms with Crippen molar-refractivity contribution in [2.45, 2.75) is 0 Å². The lowest BCUT2D eigenvalue weighted by Crippen LogP contribution is -2.52. The lowest BCUT2D eigenvalue weighted by molar-refractivity contribution is 0.0660. The Morgan fingerprint density at radius 2 is 2.00 bits per heavy atom. The largest absolute Gasteiger partial charge is 0.494 e. The summed E-state index contributed by atoms with van der Waals surface area (Å²) in [6, 6.07) is 5.17. The summed E-state index contributed by atoms with van der Waals surface area (Å²) in [5, 5.41) is 1.92. The van der Waals surface area contributed by atoms with Crippen molar-refractivity contribution < 1.29 is 9.53 Å². The number of benzene rings is 1. The van der Waals surface area contributed by atoms with Crippen LogP contribution < -0.4 is 15.9 Å². The van der Waals surface area contributed by atoms with E-state index in [1.54, 1.807) is 18.2 Å². The number of likely N-dealkylation sites (N-methyl/N-ethyl adjacent to an activating group) is 1. The summed E-state index contributed by atoms with van der Waals surface area (Å²) in [6.45, 7) is 3.50. The minimum absolute atomic E-state index is 0.186.